The third-order valence-corrected chi connectivity index (χ3v) is 4.63. The Morgan fingerprint density at radius 3 is 1.74 bits per heavy atom. The number of ether oxygens (including phenoxy) is 4. The molecule has 8 nitrogen and oxygen atoms in total. The van der Waals surface area contributed by atoms with Gasteiger partial charge in [-0.1, -0.05) is 12.1 Å². The van der Waals surface area contributed by atoms with Crippen LogP contribution in [0.5, 0.6) is 5.75 Å². The average Bonchev–Trinajstić information content (AvgIpc) is 2.72. The number of nitrogens with one attached hydrogen (secondary N) is 1. The monoisotopic (exact) mass is 431 g/mol. The topological polar surface area (TPSA) is 100 Å². The lowest BCUT2D eigenvalue weighted by molar-refractivity contribution is -0.145. The van der Waals surface area contributed by atoms with Crippen molar-refractivity contribution in [3.05, 3.63) is 52.4 Å². The van der Waals surface area contributed by atoms with Gasteiger partial charge in [0.2, 0.25) is 0 Å². The highest BCUT2D eigenvalue weighted by Crippen LogP contribution is 2.39. The van der Waals surface area contributed by atoms with Crippen LogP contribution < -0.4 is 10.1 Å². The summed E-state index contributed by atoms with van der Waals surface area (Å²) in [6, 6.07) is 6.84. The molecule has 1 aromatic carbocycles. The van der Waals surface area contributed by atoms with E-state index >= 15 is 0 Å². The number of benzene rings is 1. The molecule has 1 aromatic rings. The van der Waals surface area contributed by atoms with Gasteiger partial charge in [0, 0.05) is 11.4 Å². The predicted octanol–water partition coefficient (Wildman–Crippen LogP) is 2.99. The maximum absolute atomic E-state index is 12.8. The molecule has 1 aliphatic rings. The highest BCUT2D eigenvalue weighted by molar-refractivity contribution is 5.99. The number of carbonyl (C=O) groups is 3. The molecular formula is C23H29NO7. The van der Waals surface area contributed by atoms with Gasteiger partial charge < -0.3 is 24.3 Å². The van der Waals surface area contributed by atoms with Crippen molar-refractivity contribution in [2.45, 2.75) is 40.5 Å². The molecule has 0 unspecified atom stereocenters. The largest absolute Gasteiger partial charge is 0.482 e. The fraction of sp³-hybridized carbons (Fsp3) is 0.435. The van der Waals surface area contributed by atoms with E-state index in [4.69, 9.17) is 18.9 Å². The molecule has 0 spiro atoms. The molecule has 1 N–H and O–H groups in total. The number of dihydropyridines is 1. The van der Waals surface area contributed by atoms with Gasteiger partial charge in [0.05, 0.1) is 36.9 Å². The van der Waals surface area contributed by atoms with Gasteiger partial charge in [-0.05, 0) is 52.3 Å². The quantitative estimate of drug-likeness (QED) is 0.471. The molecule has 0 aromatic heterocycles. The van der Waals surface area contributed by atoms with Crippen molar-refractivity contribution in [2.24, 2.45) is 0 Å². The highest BCUT2D eigenvalue weighted by atomic mass is 16.6. The van der Waals surface area contributed by atoms with E-state index in [0.717, 1.165) is 0 Å². The summed E-state index contributed by atoms with van der Waals surface area (Å²) in [5.41, 5.74) is 2.59. The van der Waals surface area contributed by atoms with Crippen molar-refractivity contribution >= 4 is 17.9 Å². The van der Waals surface area contributed by atoms with Gasteiger partial charge in [0.1, 0.15) is 5.75 Å². The number of esters is 3. The van der Waals surface area contributed by atoms with Crippen molar-refractivity contribution in [3.8, 4) is 5.75 Å². The van der Waals surface area contributed by atoms with Gasteiger partial charge in [0.15, 0.2) is 6.61 Å². The van der Waals surface area contributed by atoms with Crippen LogP contribution in [0.1, 0.15) is 46.1 Å². The summed E-state index contributed by atoms with van der Waals surface area (Å²) in [6.45, 7) is 9.19. The molecule has 0 amide bonds. The second kappa shape index (κ2) is 11.2. The van der Waals surface area contributed by atoms with Crippen LogP contribution in [0.2, 0.25) is 0 Å². The number of allylic oxidation sites excluding steroid dienone is 2. The SMILES string of the molecule is CCOC(=O)COc1ccc(C2C(C(=O)OCC)=C(C)NC(C)=C2C(=O)OCC)cc1. The van der Waals surface area contributed by atoms with Crippen LogP contribution in [0.3, 0.4) is 0 Å². The molecule has 0 aliphatic carbocycles. The highest BCUT2D eigenvalue weighted by Gasteiger charge is 2.37. The van der Waals surface area contributed by atoms with Crippen molar-refractivity contribution in [2.75, 3.05) is 26.4 Å². The average molecular weight is 431 g/mol. The number of rotatable bonds is 9. The van der Waals surface area contributed by atoms with E-state index in [1.54, 1.807) is 58.9 Å². The second-order valence-electron chi connectivity index (χ2n) is 6.74. The third kappa shape index (κ3) is 5.87. The van der Waals surface area contributed by atoms with E-state index in [-0.39, 0.29) is 26.4 Å². The Morgan fingerprint density at radius 2 is 1.29 bits per heavy atom. The molecule has 0 fully saturated rings. The molecule has 1 aliphatic heterocycles. The summed E-state index contributed by atoms with van der Waals surface area (Å²) >= 11 is 0. The van der Waals surface area contributed by atoms with Crippen molar-refractivity contribution in [1.82, 2.24) is 5.32 Å². The maximum Gasteiger partial charge on any atom is 0.344 e. The van der Waals surface area contributed by atoms with Crippen LogP contribution in [0.15, 0.2) is 46.8 Å². The smallest absolute Gasteiger partial charge is 0.344 e. The first kappa shape index (κ1) is 24.0. The molecule has 0 saturated heterocycles. The normalized spacial score (nSPS) is 14.1. The molecule has 0 radical (unpaired) electrons. The zero-order valence-electron chi connectivity index (χ0n) is 18.6. The van der Waals surface area contributed by atoms with Crippen molar-refractivity contribution in [1.29, 1.82) is 0 Å². The Labute approximate surface area is 182 Å². The van der Waals surface area contributed by atoms with Gasteiger partial charge in [-0.15, -0.1) is 0 Å². The Hall–Kier alpha value is -3.29. The van der Waals surface area contributed by atoms with Crippen LogP contribution in [-0.2, 0) is 28.6 Å². The van der Waals surface area contributed by atoms with E-state index in [1.165, 1.54) is 0 Å². The zero-order valence-corrected chi connectivity index (χ0v) is 18.6. The Bertz CT molecular complexity index is 844. The minimum atomic E-state index is -0.668. The van der Waals surface area contributed by atoms with E-state index in [9.17, 15) is 14.4 Å². The molecule has 2 rings (SSSR count). The van der Waals surface area contributed by atoms with Gasteiger partial charge in [-0.2, -0.15) is 0 Å². The van der Waals surface area contributed by atoms with Crippen molar-refractivity contribution in [3.63, 3.8) is 0 Å². The Morgan fingerprint density at radius 1 is 0.806 bits per heavy atom. The first-order chi connectivity index (χ1) is 14.8. The third-order valence-electron chi connectivity index (χ3n) is 4.63. The Balaban J connectivity index is 2.42. The predicted molar refractivity (Wildman–Crippen MR) is 113 cm³/mol. The summed E-state index contributed by atoms with van der Waals surface area (Å²) < 4.78 is 20.8. The van der Waals surface area contributed by atoms with Crippen LogP contribution in [0, 0.1) is 0 Å². The van der Waals surface area contributed by atoms with Crippen LogP contribution in [-0.4, -0.2) is 44.3 Å². The van der Waals surface area contributed by atoms with E-state index in [1.807, 2.05) is 0 Å². The van der Waals surface area contributed by atoms with E-state index < -0.39 is 23.8 Å². The van der Waals surface area contributed by atoms with Gasteiger partial charge in [-0.3, -0.25) is 0 Å². The van der Waals surface area contributed by atoms with Crippen LogP contribution in [0.4, 0.5) is 0 Å². The lowest BCUT2D eigenvalue weighted by atomic mass is 9.80. The summed E-state index contributed by atoms with van der Waals surface area (Å²) in [6.07, 6.45) is 0. The number of carbonyl (C=O) groups excluding carboxylic acids is 3. The number of hydrogen-bond donors (Lipinski definition) is 1. The molecule has 8 heteroatoms. The minimum absolute atomic E-state index is 0.208. The lowest BCUT2D eigenvalue weighted by Gasteiger charge is -2.30. The minimum Gasteiger partial charge on any atom is -0.482 e. The molecule has 31 heavy (non-hydrogen) atoms. The van der Waals surface area contributed by atoms with Gasteiger partial charge >= 0.3 is 17.9 Å². The second-order valence-corrected chi connectivity index (χ2v) is 6.74. The number of hydrogen-bond acceptors (Lipinski definition) is 8. The maximum atomic E-state index is 12.8. The molecule has 0 atom stereocenters. The van der Waals surface area contributed by atoms with E-state index in [0.29, 0.717) is 33.9 Å². The van der Waals surface area contributed by atoms with Crippen LogP contribution >= 0.6 is 0 Å². The molecule has 0 bridgehead atoms. The summed E-state index contributed by atoms with van der Waals surface area (Å²) in [4.78, 5) is 37.0. The molecule has 168 valence electrons. The Kier molecular flexibility index (Phi) is 8.66. The summed E-state index contributed by atoms with van der Waals surface area (Å²) in [5, 5.41) is 3.10. The van der Waals surface area contributed by atoms with Gasteiger partial charge in [-0.25, -0.2) is 14.4 Å². The summed E-state index contributed by atoms with van der Waals surface area (Å²) in [7, 11) is 0. The molecule has 0 saturated carbocycles. The van der Waals surface area contributed by atoms with E-state index in [2.05, 4.69) is 5.32 Å². The first-order valence-electron chi connectivity index (χ1n) is 10.2. The summed E-state index contributed by atoms with van der Waals surface area (Å²) in [5.74, 6) is -1.68. The fourth-order valence-electron chi connectivity index (χ4n) is 3.39. The molecule has 1 heterocycles. The van der Waals surface area contributed by atoms with Crippen LogP contribution in [0.25, 0.3) is 0 Å². The van der Waals surface area contributed by atoms with Gasteiger partial charge in [0.25, 0.3) is 0 Å². The first-order valence-corrected chi connectivity index (χ1v) is 10.2. The zero-order chi connectivity index (χ0) is 23.0. The fourth-order valence-corrected chi connectivity index (χ4v) is 3.39. The lowest BCUT2D eigenvalue weighted by Crippen LogP contribution is -2.32. The van der Waals surface area contributed by atoms with Crippen molar-refractivity contribution < 1.29 is 33.3 Å². The molecular weight excluding hydrogens is 402 g/mol. The standard InChI is InChI=1S/C23H29NO7/c1-6-28-18(25)13-31-17-11-9-16(10-12-17)21-19(22(26)29-7-2)14(4)24-15(5)20(21)23(27)30-8-3/h9-12,21,24H,6-8,13H2,1-5H3.